The summed E-state index contributed by atoms with van der Waals surface area (Å²) in [5.41, 5.74) is 0.231. The summed E-state index contributed by atoms with van der Waals surface area (Å²) in [4.78, 5) is 26.3. The van der Waals surface area contributed by atoms with Crippen molar-refractivity contribution >= 4 is 11.9 Å². The van der Waals surface area contributed by atoms with Gasteiger partial charge in [0, 0.05) is 12.6 Å². The highest BCUT2D eigenvalue weighted by Crippen LogP contribution is 2.38. The van der Waals surface area contributed by atoms with E-state index in [0.717, 1.165) is 19.3 Å². The van der Waals surface area contributed by atoms with Crippen molar-refractivity contribution < 1.29 is 28.5 Å². The summed E-state index contributed by atoms with van der Waals surface area (Å²) >= 11 is 0. The van der Waals surface area contributed by atoms with E-state index in [1.807, 2.05) is 6.92 Å². The maximum Gasteiger partial charge on any atom is 0.338 e. The number of esters is 1. The van der Waals surface area contributed by atoms with E-state index in [4.69, 9.17) is 18.9 Å². The molecule has 7 heteroatoms. The molecule has 0 bridgehead atoms. The smallest absolute Gasteiger partial charge is 0.338 e. The topological polar surface area (TPSA) is 74.3 Å². The van der Waals surface area contributed by atoms with E-state index in [0.29, 0.717) is 23.8 Å². The third kappa shape index (κ3) is 4.35. The Morgan fingerprint density at radius 1 is 1.08 bits per heavy atom. The third-order valence-corrected chi connectivity index (χ3v) is 4.35. The molecule has 0 aliphatic carbocycles. The summed E-state index contributed by atoms with van der Waals surface area (Å²) in [5, 5.41) is 0. The van der Waals surface area contributed by atoms with Crippen molar-refractivity contribution in [3.63, 3.8) is 0 Å². The molecule has 1 aliphatic heterocycles. The second-order valence-corrected chi connectivity index (χ2v) is 5.92. The predicted molar refractivity (Wildman–Crippen MR) is 91.4 cm³/mol. The first kappa shape index (κ1) is 18.9. The van der Waals surface area contributed by atoms with Gasteiger partial charge in [-0.1, -0.05) is 0 Å². The van der Waals surface area contributed by atoms with Crippen LogP contribution in [0.25, 0.3) is 0 Å². The van der Waals surface area contributed by atoms with Crippen molar-refractivity contribution in [3.8, 4) is 17.2 Å². The highest BCUT2D eigenvalue weighted by Gasteiger charge is 2.25. The van der Waals surface area contributed by atoms with Crippen molar-refractivity contribution in [1.82, 2.24) is 4.90 Å². The molecule has 1 saturated heterocycles. The predicted octanol–water partition coefficient (Wildman–Crippen LogP) is 2.27. The van der Waals surface area contributed by atoms with Gasteiger partial charge in [0.05, 0.1) is 26.9 Å². The van der Waals surface area contributed by atoms with E-state index in [1.54, 1.807) is 4.90 Å². The molecule has 7 nitrogen and oxygen atoms in total. The second-order valence-electron chi connectivity index (χ2n) is 5.92. The molecule has 1 aromatic rings. The Morgan fingerprint density at radius 2 is 1.72 bits per heavy atom. The van der Waals surface area contributed by atoms with Crippen molar-refractivity contribution in [3.05, 3.63) is 17.7 Å². The number of methoxy groups -OCH3 is 3. The first-order valence-corrected chi connectivity index (χ1v) is 8.28. The molecule has 0 spiro atoms. The summed E-state index contributed by atoms with van der Waals surface area (Å²) in [6.07, 6.45) is 3.08. The second kappa shape index (κ2) is 8.60. The van der Waals surface area contributed by atoms with Crippen LogP contribution in [0.4, 0.5) is 0 Å². The standard InChI is InChI=1S/C18H25NO6/c1-12-7-5-6-8-19(12)16(20)11-25-18(21)13-9-14(22-2)17(24-4)15(10-13)23-3/h9-10,12H,5-8,11H2,1-4H3. The monoisotopic (exact) mass is 351 g/mol. The van der Waals surface area contributed by atoms with Crippen molar-refractivity contribution in [2.24, 2.45) is 0 Å². The number of piperidine rings is 1. The zero-order chi connectivity index (χ0) is 18.4. The fourth-order valence-corrected chi connectivity index (χ4v) is 2.96. The normalized spacial score (nSPS) is 17.0. The van der Waals surface area contributed by atoms with E-state index in [9.17, 15) is 9.59 Å². The first-order valence-electron chi connectivity index (χ1n) is 8.28. The molecule has 1 unspecified atom stereocenters. The highest BCUT2D eigenvalue weighted by atomic mass is 16.5. The molecule has 1 heterocycles. The molecule has 0 aromatic heterocycles. The quantitative estimate of drug-likeness (QED) is 0.732. The third-order valence-electron chi connectivity index (χ3n) is 4.35. The van der Waals surface area contributed by atoms with Crippen molar-refractivity contribution in [2.45, 2.75) is 32.2 Å². The lowest BCUT2D eigenvalue weighted by atomic mass is 10.0. The summed E-state index contributed by atoms with van der Waals surface area (Å²) in [7, 11) is 4.41. The minimum absolute atomic E-state index is 0.173. The molecule has 0 N–H and O–H groups in total. The van der Waals surface area contributed by atoms with Crippen LogP contribution in [0.2, 0.25) is 0 Å². The van der Waals surface area contributed by atoms with Crippen LogP contribution >= 0.6 is 0 Å². The Balaban J connectivity index is 2.06. The molecular weight excluding hydrogens is 326 g/mol. The lowest BCUT2D eigenvalue weighted by Gasteiger charge is -2.33. The minimum atomic E-state index is -0.614. The number of benzene rings is 1. The lowest BCUT2D eigenvalue weighted by Crippen LogP contribution is -2.44. The number of rotatable bonds is 6. The molecular formula is C18H25NO6. The van der Waals surface area contributed by atoms with Gasteiger partial charge in [0.2, 0.25) is 5.75 Å². The van der Waals surface area contributed by atoms with Gasteiger partial charge in [-0.15, -0.1) is 0 Å². The number of amides is 1. The fourth-order valence-electron chi connectivity index (χ4n) is 2.96. The van der Waals surface area contributed by atoms with Crippen molar-refractivity contribution in [2.75, 3.05) is 34.5 Å². The van der Waals surface area contributed by atoms with Crippen molar-refractivity contribution in [1.29, 1.82) is 0 Å². The molecule has 138 valence electrons. The highest BCUT2D eigenvalue weighted by molar-refractivity contribution is 5.92. The lowest BCUT2D eigenvalue weighted by molar-refractivity contribution is -0.137. The van der Waals surface area contributed by atoms with E-state index >= 15 is 0 Å². The molecule has 0 saturated carbocycles. The maximum atomic E-state index is 12.3. The van der Waals surface area contributed by atoms with Gasteiger partial charge in [-0.2, -0.15) is 0 Å². The van der Waals surface area contributed by atoms with E-state index in [-0.39, 0.29) is 24.1 Å². The van der Waals surface area contributed by atoms with Crippen LogP contribution in [0, 0.1) is 0 Å². The molecule has 1 aromatic carbocycles. The van der Waals surface area contributed by atoms with Gasteiger partial charge in [0.15, 0.2) is 18.1 Å². The summed E-state index contributed by atoms with van der Waals surface area (Å²) in [5.74, 6) is 0.305. The average Bonchev–Trinajstić information content (AvgIpc) is 2.64. The van der Waals surface area contributed by atoms with E-state index in [2.05, 4.69) is 0 Å². The Hall–Kier alpha value is -2.44. The van der Waals surface area contributed by atoms with Gasteiger partial charge in [0.25, 0.3) is 5.91 Å². The number of hydrogen-bond donors (Lipinski definition) is 0. The number of carbonyl (C=O) groups excluding carboxylic acids is 2. The van der Waals surface area contributed by atoms with Gasteiger partial charge in [-0.25, -0.2) is 4.79 Å². The molecule has 1 fully saturated rings. The summed E-state index contributed by atoms with van der Waals surface area (Å²) < 4.78 is 20.8. The largest absolute Gasteiger partial charge is 0.493 e. The number of ether oxygens (including phenoxy) is 4. The SMILES string of the molecule is COc1cc(C(=O)OCC(=O)N2CCCCC2C)cc(OC)c1OC. The number of nitrogens with zero attached hydrogens (tertiary/aromatic N) is 1. The Morgan fingerprint density at radius 3 is 2.24 bits per heavy atom. The fraction of sp³-hybridized carbons (Fsp3) is 0.556. The van der Waals surface area contributed by atoms with Gasteiger partial charge in [0.1, 0.15) is 0 Å². The number of likely N-dealkylation sites (tertiary alicyclic amines) is 1. The van der Waals surface area contributed by atoms with Crippen LogP contribution in [-0.4, -0.2) is 57.3 Å². The van der Waals surface area contributed by atoms with Crippen LogP contribution in [0.3, 0.4) is 0 Å². The molecule has 1 aliphatic rings. The van der Waals surface area contributed by atoms with Gasteiger partial charge >= 0.3 is 5.97 Å². The molecule has 1 atom stereocenters. The molecule has 0 radical (unpaired) electrons. The van der Waals surface area contributed by atoms with Crippen LogP contribution in [0.5, 0.6) is 17.2 Å². The summed E-state index contributed by atoms with van der Waals surface area (Å²) in [6.45, 7) is 2.44. The van der Waals surface area contributed by atoms with E-state index in [1.165, 1.54) is 33.5 Å². The molecule has 2 rings (SSSR count). The molecule has 1 amide bonds. The Bertz CT molecular complexity index is 605. The zero-order valence-electron chi connectivity index (χ0n) is 15.2. The van der Waals surface area contributed by atoms with Crippen LogP contribution in [0.1, 0.15) is 36.5 Å². The van der Waals surface area contributed by atoms with Gasteiger partial charge in [-0.3, -0.25) is 4.79 Å². The van der Waals surface area contributed by atoms with Gasteiger partial charge < -0.3 is 23.8 Å². The van der Waals surface area contributed by atoms with E-state index < -0.39 is 5.97 Å². The van der Waals surface area contributed by atoms with Crippen LogP contribution < -0.4 is 14.2 Å². The van der Waals surface area contributed by atoms with Crippen LogP contribution in [0.15, 0.2) is 12.1 Å². The zero-order valence-corrected chi connectivity index (χ0v) is 15.2. The van der Waals surface area contributed by atoms with Gasteiger partial charge in [-0.05, 0) is 38.3 Å². The van der Waals surface area contributed by atoms with Crippen LogP contribution in [-0.2, 0) is 9.53 Å². The number of carbonyl (C=O) groups is 2. The Labute approximate surface area is 147 Å². The minimum Gasteiger partial charge on any atom is -0.493 e. The Kier molecular flexibility index (Phi) is 6.50. The maximum absolute atomic E-state index is 12.3. The average molecular weight is 351 g/mol. The number of hydrogen-bond acceptors (Lipinski definition) is 6. The molecule has 25 heavy (non-hydrogen) atoms. The summed E-state index contributed by atoms with van der Waals surface area (Å²) in [6, 6.07) is 3.18. The first-order chi connectivity index (χ1) is 12.0.